The van der Waals surface area contributed by atoms with Crippen LogP contribution in [0.1, 0.15) is 5.56 Å². The van der Waals surface area contributed by atoms with E-state index in [1.54, 1.807) is 0 Å². The number of halogens is 5. The van der Waals surface area contributed by atoms with Gasteiger partial charge < -0.3 is 11.1 Å². The standard InChI is InChI=1S/C20H12F5N7S/c1-27-32-5-8(6-32)30-18-10-4-11(20(23,24)25)13(14(22)15(10)28-7-29-18)9-2-3-12(21)17-16(9)31-19(26)33-17/h2-4,7-8H,5-6H2,(H2,26,31)(H,28,29,30). The molecule has 3 N–H and O–H groups in total. The van der Waals surface area contributed by atoms with E-state index in [1.807, 2.05) is 0 Å². The molecule has 0 bridgehead atoms. The lowest BCUT2D eigenvalue weighted by Crippen LogP contribution is -2.51. The molecule has 1 aliphatic heterocycles. The molecule has 4 aromatic rings. The maximum absolute atomic E-state index is 15.7. The molecular weight excluding hydrogens is 465 g/mol. The normalized spacial score (nSPS) is 14.5. The van der Waals surface area contributed by atoms with Crippen LogP contribution in [0.25, 0.3) is 37.2 Å². The van der Waals surface area contributed by atoms with Gasteiger partial charge in [0.1, 0.15) is 36.6 Å². The van der Waals surface area contributed by atoms with Crippen molar-refractivity contribution in [1.82, 2.24) is 20.0 Å². The Morgan fingerprint density at radius 1 is 1.18 bits per heavy atom. The van der Waals surface area contributed by atoms with Gasteiger partial charge in [0.25, 0.3) is 0 Å². The summed E-state index contributed by atoms with van der Waals surface area (Å²) >= 11 is 0.758. The highest BCUT2D eigenvalue weighted by molar-refractivity contribution is 7.22. The third-order valence-corrected chi connectivity index (χ3v) is 6.19. The summed E-state index contributed by atoms with van der Waals surface area (Å²) < 4.78 is 72.2. The van der Waals surface area contributed by atoms with Gasteiger partial charge in [-0.2, -0.15) is 24.7 Å². The molecule has 0 radical (unpaired) electrons. The Hall–Kier alpha value is -3.79. The fraction of sp³-hybridized carbons (Fsp3) is 0.200. The SMILES string of the molecule is [C-]#[N+]N1CC(Nc2ncnc3c(F)c(-c4ccc(F)c5sc(N)nc45)c(C(F)(F)F)cc23)C1. The second-order valence-electron chi connectivity index (χ2n) is 7.37. The monoisotopic (exact) mass is 477 g/mol. The minimum Gasteiger partial charge on any atom is -0.375 e. The van der Waals surface area contributed by atoms with Crippen molar-refractivity contribution in [2.24, 2.45) is 0 Å². The number of hydrogen-bond acceptors (Lipinski definition) is 7. The van der Waals surface area contributed by atoms with Crippen LogP contribution in [-0.4, -0.2) is 39.1 Å². The van der Waals surface area contributed by atoms with E-state index in [1.165, 1.54) is 5.01 Å². The van der Waals surface area contributed by atoms with Gasteiger partial charge in [-0.1, -0.05) is 11.3 Å². The van der Waals surface area contributed by atoms with E-state index in [4.69, 9.17) is 12.3 Å². The molecule has 0 aliphatic carbocycles. The molecular formula is C20H12F5N7S. The number of hydrogen-bond donors (Lipinski definition) is 2. The van der Waals surface area contributed by atoms with E-state index in [-0.39, 0.29) is 43.7 Å². The number of thiazole rings is 1. The second-order valence-corrected chi connectivity index (χ2v) is 8.40. The minimum atomic E-state index is -4.95. The van der Waals surface area contributed by atoms with Crippen LogP contribution < -0.4 is 11.1 Å². The molecule has 33 heavy (non-hydrogen) atoms. The zero-order chi connectivity index (χ0) is 23.5. The zero-order valence-electron chi connectivity index (χ0n) is 16.4. The van der Waals surface area contributed by atoms with Gasteiger partial charge in [0, 0.05) is 16.5 Å². The van der Waals surface area contributed by atoms with Crippen molar-refractivity contribution in [3.8, 4) is 11.1 Å². The fourth-order valence-electron chi connectivity index (χ4n) is 3.78. The molecule has 0 amide bonds. The highest BCUT2D eigenvalue weighted by atomic mass is 32.1. The van der Waals surface area contributed by atoms with Crippen LogP contribution in [0.2, 0.25) is 0 Å². The van der Waals surface area contributed by atoms with Gasteiger partial charge >= 0.3 is 6.18 Å². The Kier molecular flexibility index (Phi) is 4.71. The molecule has 0 spiro atoms. The molecule has 5 rings (SSSR count). The summed E-state index contributed by atoms with van der Waals surface area (Å²) in [6, 6.07) is 2.53. The van der Waals surface area contributed by atoms with Gasteiger partial charge in [-0.15, -0.1) is 5.01 Å². The van der Waals surface area contributed by atoms with Gasteiger partial charge in [0.05, 0.1) is 21.8 Å². The predicted molar refractivity (Wildman–Crippen MR) is 113 cm³/mol. The molecule has 0 unspecified atom stereocenters. The third-order valence-electron chi connectivity index (χ3n) is 5.30. The van der Waals surface area contributed by atoms with E-state index in [9.17, 15) is 17.6 Å². The summed E-state index contributed by atoms with van der Waals surface area (Å²) in [5.74, 6) is -1.94. The van der Waals surface area contributed by atoms with Crippen LogP contribution in [0.5, 0.6) is 0 Å². The van der Waals surface area contributed by atoms with Crippen molar-refractivity contribution in [1.29, 1.82) is 0 Å². The van der Waals surface area contributed by atoms with Crippen LogP contribution >= 0.6 is 11.3 Å². The fourth-order valence-corrected chi connectivity index (χ4v) is 4.54. The summed E-state index contributed by atoms with van der Waals surface area (Å²) in [6.45, 7) is 7.65. The van der Waals surface area contributed by atoms with Gasteiger partial charge in [-0.05, 0) is 18.2 Å². The van der Waals surface area contributed by atoms with Crippen LogP contribution in [0, 0.1) is 18.2 Å². The van der Waals surface area contributed by atoms with Crippen LogP contribution in [0.3, 0.4) is 0 Å². The van der Waals surface area contributed by atoms with E-state index < -0.39 is 28.9 Å². The number of fused-ring (bicyclic) bond motifs is 2. The van der Waals surface area contributed by atoms with Gasteiger partial charge in [-0.3, -0.25) is 0 Å². The molecule has 0 saturated carbocycles. The van der Waals surface area contributed by atoms with E-state index >= 15 is 4.39 Å². The first-order chi connectivity index (χ1) is 15.7. The Balaban J connectivity index is 1.75. The van der Waals surface area contributed by atoms with Crippen LogP contribution in [0.15, 0.2) is 24.5 Å². The van der Waals surface area contributed by atoms with Crippen molar-refractivity contribution in [2.45, 2.75) is 12.2 Å². The van der Waals surface area contributed by atoms with Crippen LogP contribution in [0.4, 0.5) is 32.9 Å². The smallest absolute Gasteiger partial charge is 0.375 e. The highest BCUT2D eigenvalue weighted by Gasteiger charge is 2.38. The van der Waals surface area contributed by atoms with E-state index in [0.717, 1.165) is 35.9 Å². The third kappa shape index (κ3) is 3.43. The Labute approximate surface area is 186 Å². The Bertz CT molecular complexity index is 1450. The number of alkyl halides is 3. The largest absolute Gasteiger partial charge is 0.417 e. The molecule has 1 aliphatic rings. The van der Waals surface area contributed by atoms with Crippen molar-refractivity contribution in [3.63, 3.8) is 0 Å². The average Bonchev–Trinajstić information content (AvgIpc) is 3.13. The first-order valence-corrected chi connectivity index (χ1v) is 10.3. The van der Waals surface area contributed by atoms with Crippen molar-refractivity contribution < 1.29 is 22.0 Å². The molecule has 3 heterocycles. The van der Waals surface area contributed by atoms with Crippen molar-refractivity contribution in [3.05, 3.63) is 53.3 Å². The molecule has 168 valence electrons. The molecule has 2 aromatic heterocycles. The van der Waals surface area contributed by atoms with Gasteiger partial charge in [0.15, 0.2) is 10.9 Å². The number of nitrogens with zero attached hydrogens (tertiary/aromatic N) is 5. The number of rotatable bonds is 3. The highest BCUT2D eigenvalue weighted by Crippen LogP contribution is 2.45. The lowest BCUT2D eigenvalue weighted by atomic mass is 9.95. The zero-order valence-corrected chi connectivity index (χ0v) is 17.2. The predicted octanol–water partition coefficient (Wildman–Crippen LogP) is 4.72. The van der Waals surface area contributed by atoms with E-state index in [0.29, 0.717) is 13.1 Å². The van der Waals surface area contributed by atoms with Crippen LogP contribution in [-0.2, 0) is 6.18 Å². The first kappa shape index (κ1) is 21.1. The number of nitrogens with two attached hydrogens (primary N) is 1. The Morgan fingerprint density at radius 2 is 1.94 bits per heavy atom. The first-order valence-electron chi connectivity index (χ1n) is 9.45. The number of aromatic nitrogens is 3. The molecule has 2 aromatic carbocycles. The van der Waals surface area contributed by atoms with Crippen molar-refractivity contribution in [2.75, 3.05) is 24.1 Å². The van der Waals surface area contributed by atoms with Gasteiger partial charge in [-0.25, -0.2) is 23.7 Å². The summed E-state index contributed by atoms with van der Waals surface area (Å²) in [4.78, 5) is 15.0. The summed E-state index contributed by atoms with van der Waals surface area (Å²) in [5, 5.41) is 4.15. The molecule has 1 fully saturated rings. The molecule has 7 nitrogen and oxygen atoms in total. The topological polar surface area (TPSA) is 84.3 Å². The number of benzene rings is 2. The lowest BCUT2D eigenvalue weighted by molar-refractivity contribution is -0.137. The molecule has 1 saturated heterocycles. The summed E-state index contributed by atoms with van der Waals surface area (Å²) in [7, 11) is 0. The quantitative estimate of drug-likeness (QED) is 0.328. The second kappa shape index (κ2) is 7.38. The number of nitrogens with one attached hydrogen (secondary N) is 1. The van der Waals surface area contributed by atoms with E-state index in [2.05, 4.69) is 25.2 Å². The maximum atomic E-state index is 15.7. The summed E-state index contributed by atoms with van der Waals surface area (Å²) in [5.41, 5.74) is 2.82. The minimum absolute atomic E-state index is 0.0211. The van der Waals surface area contributed by atoms with Crippen molar-refractivity contribution >= 4 is 43.4 Å². The number of nitrogen functional groups attached to an aromatic ring is 1. The average molecular weight is 477 g/mol. The lowest BCUT2D eigenvalue weighted by Gasteiger charge is -2.31. The molecule has 0 atom stereocenters. The maximum Gasteiger partial charge on any atom is 0.417 e. The molecule has 13 heteroatoms. The van der Waals surface area contributed by atoms with Gasteiger partial charge in [0.2, 0.25) is 0 Å². The number of anilines is 2. The summed E-state index contributed by atoms with van der Waals surface area (Å²) in [6.07, 6.45) is -3.91. The Morgan fingerprint density at radius 3 is 2.64 bits per heavy atom.